The molecule has 2 bridgehead atoms. The normalized spacial score (nSPS) is 25.8. The number of carbonyl (C=O) groups excluding carboxylic acids is 1. The zero-order valence-corrected chi connectivity index (χ0v) is 22.3. The number of hydrogen-bond donors (Lipinski definition) is 2. The lowest BCUT2D eigenvalue weighted by Crippen LogP contribution is -2.64. The van der Waals surface area contributed by atoms with Crippen LogP contribution in [-0.2, 0) is 17.6 Å². The lowest BCUT2D eigenvalue weighted by molar-refractivity contribution is -0.132. The molecule has 4 aliphatic heterocycles. The fourth-order valence-electron chi connectivity index (χ4n) is 7.23. The molecule has 198 valence electrons. The molecule has 1 fully saturated rings. The van der Waals surface area contributed by atoms with Crippen LogP contribution in [0.25, 0.3) is 0 Å². The molecule has 1 unspecified atom stereocenters. The number of nitrogens with zero attached hydrogens (tertiary/aromatic N) is 2. The Kier molecular flexibility index (Phi) is 5.78. The third-order valence-corrected chi connectivity index (χ3v) is 8.68. The van der Waals surface area contributed by atoms with Crippen molar-refractivity contribution >= 4 is 5.97 Å². The van der Waals surface area contributed by atoms with Gasteiger partial charge in [-0.25, -0.2) is 0 Å². The van der Waals surface area contributed by atoms with E-state index in [0.29, 0.717) is 36.3 Å². The van der Waals surface area contributed by atoms with Crippen molar-refractivity contribution in [3.63, 3.8) is 0 Å². The summed E-state index contributed by atoms with van der Waals surface area (Å²) in [7, 11) is 5.71. The maximum atomic E-state index is 12.2. The van der Waals surface area contributed by atoms with E-state index < -0.39 is 0 Å². The maximum absolute atomic E-state index is 12.2. The number of benzene rings is 2. The minimum absolute atomic E-state index is 0.0150. The van der Waals surface area contributed by atoms with Gasteiger partial charge >= 0.3 is 5.97 Å². The Balaban J connectivity index is 1.57. The number of esters is 1. The Morgan fingerprint density at radius 2 is 1.95 bits per heavy atom. The van der Waals surface area contributed by atoms with E-state index in [1.807, 2.05) is 20.9 Å². The van der Waals surface area contributed by atoms with Gasteiger partial charge in [0.1, 0.15) is 5.75 Å². The van der Waals surface area contributed by atoms with Gasteiger partial charge in [0.2, 0.25) is 6.79 Å². The van der Waals surface area contributed by atoms with E-state index in [0.717, 1.165) is 46.5 Å². The molecule has 0 aromatic heterocycles. The summed E-state index contributed by atoms with van der Waals surface area (Å²) in [6.45, 7) is 7.05. The summed E-state index contributed by atoms with van der Waals surface area (Å²) in [6.07, 6.45) is 1.50. The maximum Gasteiger partial charge on any atom is 0.308 e. The number of methoxy groups -OCH3 is 1. The zero-order chi connectivity index (χ0) is 26.2. The van der Waals surface area contributed by atoms with Crippen molar-refractivity contribution in [1.82, 2.24) is 15.1 Å². The van der Waals surface area contributed by atoms with Crippen LogP contribution >= 0.6 is 0 Å². The van der Waals surface area contributed by atoms with E-state index >= 15 is 0 Å². The van der Waals surface area contributed by atoms with Crippen molar-refractivity contribution in [3.8, 4) is 28.7 Å². The van der Waals surface area contributed by atoms with Gasteiger partial charge in [0.15, 0.2) is 23.0 Å². The van der Waals surface area contributed by atoms with Gasteiger partial charge in [-0.1, -0.05) is 6.07 Å². The highest BCUT2D eigenvalue weighted by Crippen LogP contribution is 2.57. The lowest BCUT2D eigenvalue weighted by Gasteiger charge is -2.58. The first kappa shape index (κ1) is 24.3. The summed E-state index contributed by atoms with van der Waals surface area (Å²) in [5.41, 5.74) is 5.87. The van der Waals surface area contributed by atoms with Gasteiger partial charge in [0.05, 0.1) is 19.2 Å². The van der Waals surface area contributed by atoms with E-state index in [1.54, 1.807) is 7.11 Å². The highest BCUT2D eigenvalue weighted by Gasteiger charge is 2.52. The second kappa shape index (κ2) is 8.79. The molecule has 4 aliphatic rings. The molecule has 1 saturated heterocycles. The van der Waals surface area contributed by atoms with E-state index in [1.165, 1.54) is 12.5 Å². The molecule has 9 nitrogen and oxygen atoms in total. The van der Waals surface area contributed by atoms with Gasteiger partial charge in [-0.15, -0.1) is 0 Å². The van der Waals surface area contributed by atoms with Crippen molar-refractivity contribution in [3.05, 3.63) is 39.4 Å². The van der Waals surface area contributed by atoms with E-state index in [-0.39, 0.29) is 36.6 Å². The van der Waals surface area contributed by atoms with Crippen LogP contribution in [-0.4, -0.2) is 74.0 Å². The molecule has 4 heterocycles. The Morgan fingerprint density at radius 1 is 1.19 bits per heavy atom. The first-order valence-electron chi connectivity index (χ1n) is 12.9. The fraction of sp³-hybridized carbons (Fsp3) is 0.536. The fourth-order valence-corrected chi connectivity index (χ4v) is 7.23. The molecule has 0 aliphatic carbocycles. The predicted molar refractivity (Wildman–Crippen MR) is 137 cm³/mol. The molecular weight excluding hydrogens is 474 g/mol. The number of ether oxygens (including phenoxy) is 4. The molecule has 0 amide bonds. The number of aromatic hydroxyl groups is 1. The van der Waals surface area contributed by atoms with Crippen molar-refractivity contribution < 1.29 is 28.8 Å². The van der Waals surface area contributed by atoms with Crippen LogP contribution in [0.4, 0.5) is 0 Å². The summed E-state index contributed by atoms with van der Waals surface area (Å²) in [4.78, 5) is 17.2. The standard InChI is InChI=1S/C28H35N3O6/c1-13-7-16-8-17-11-31-19(23(30(17)5)21(16)24(33)25(13)34-6)9-18-22(20(31)10-29-4)28-27(35-12-36-28)14(2)26(18)37-15(3)32/h7,17,19-20,23,29,33H,8-12H2,1-6H3/t17-,19?,20-,23-/m0/s1. The Morgan fingerprint density at radius 3 is 2.65 bits per heavy atom. The van der Waals surface area contributed by atoms with Crippen LogP contribution in [0.3, 0.4) is 0 Å². The topological polar surface area (TPSA) is 92.7 Å². The molecule has 0 spiro atoms. The zero-order valence-electron chi connectivity index (χ0n) is 22.3. The summed E-state index contributed by atoms with van der Waals surface area (Å²) in [5.74, 6) is 2.38. The SMILES string of the molecule is CNC[C@H]1c2c(c(OC(C)=O)c(C)c3c2OCO3)CC2[C@H]3c4c(cc(C)c(OC)c4O)C[C@@H](CN21)N3C. The number of phenolic OH excluding ortho intramolecular Hbond substituents is 1. The number of piperazine rings is 1. The third-order valence-electron chi connectivity index (χ3n) is 8.68. The second-order valence-electron chi connectivity index (χ2n) is 10.7. The van der Waals surface area contributed by atoms with Crippen LogP contribution < -0.4 is 24.3 Å². The van der Waals surface area contributed by atoms with Crippen LogP contribution in [0.5, 0.6) is 28.7 Å². The van der Waals surface area contributed by atoms with Crippen molar-refractivity contribution in [2.45, 2.75) is 57.8 Å². The van der Waals surface area contributed by atoms with Crippen LogP contribution in [0.2, 0.25) is 0 Å². The number of likely N-dealkylation sites (N-methyl/N-ethyl adjacent to an activating group) is 2. The number of rotatable bonds is 4. The molecule has 37 heavy (non-hydrogen) atoms. The summed E-state index contributed by atoms with van der Waals surface area (Å²) in [6, 6.07) is 2.44. The number of nitrogens with one attached hydrogen (secondary N) is 1. The molecule has 9 heteroatoms. The first-order valence-corrected chi connectivity index (χ1v) is 12.9. The second-order valence-corrected chi connectivity index (χ2v) is 10.7. The van der Waals surface area contributed by atoms with Gasteiger partial charge in [-0.05, 0) is 51.9 Å². The summed E-state index contributed by atoms with van der Waals surface area (Å²) < 4.78 is 23.4. The van der Waals surface area contributed by atoms with Crippen LogP contribution in [0.1, 0.15) is 52.4 Å². The van der Waals surface area contributed by atoms with Crippen molar-refractivity contribution in [2.24, 2.45) is 0 Å². The number of aryl methyl sites for hydroxylation is 1. The molecule has 2 aromatic carbocycles. The highest BCUT2D eigenvalue weighted by molar-refractivity contribution is 5.74. The predicted octanol–water partition coefficient (Wildman–Crippen LogP) is 2.77. The minimum Gasteiger partial charge on any atom is -0.504 e. The molecule has 2 aromatic rings. The monoisotopic (exact) mass is 509 g/mol. The largest absolute Gasteiger partial charge is 0.504 e. The van der Waals surface area contributed by atoms with Gasteiger partial charge < -0.3 is 29.4 Å². The smallest absolute Gasteiger partial charge is 0.308 e. The lowest BCUT2D eigenvalue weighted by atomic mass is 9.74. The summed E-state index contributed by atoms with van der Waals surface area (Å²) in [5, 5.41) is 14.8. The van der Waals surface area contributed by atoms with Gasteiger partial charge in [0, 0.05) is 54.4 Å². The molecule has 6 rings (SSSR count). The third kappa shape index (κ3) is 3.44. The first-order chi connectivity index (χ1) is 17.8. The van der Waals surface area contributed by atoms with E-state index in [9.17, 15) is 9.90 Å². The van der Waals surface area contributed by atoms with Crippen LogP contribution in [0.15, 0.2) is 6.07 Å². The van der Waals surface area contributed by atoms with Crippen molar-refractivity contribution in [2.75, 3.05) is 41.1 Å². The average Bonchev–Trinajstić information content (AvgIpc) is 3.33. The molecular formula is C28H35N3O6. The Labute approximate surface area is 217 Å². The number of phenols is 1. The number of fused-ring (bicyclic) bond motifs is 9. The van der Waals surface area contributed by atoms with Gasteiger partial charge in [-0.2, -0.15) is 0 Å². The Hall–Kier alpha value is -3.01. The van der Waals surface area contributed by atoms with Gasteiger partial charge in [-0.3, -0.25) is 14.6 Å². The highest BCUT2D eigenvalue weighted by atomic mass is 16.7. The minimum atomic E-state index is -0.363. The van der Waals surface area contributed by atoms with Crippen molar-refractivity contribution in [1.29, 1.82) is 0 Å². The summed E-state index contributed by atoms with van der Waals surface area (Å²) >= 11 is 0. The average molecular weight is 510 g/mol. The number of carbonyl (C=O) groups is 1. The molecule has 2 N–H and O–H groups in total. The quantitative estimate of drug-likeness (QED) is 0.477. The van der Waals surface area contributed by atoms with Crippen LogP contribution in [0, 0.1) is 13.8 Å². The Bertz CT molecular complexity index is 1290. The van der Waals surface area contributed by atoms with Gasteiger partial charge in [0.25, 0.3) is 0 Å². The van der Waals surface area contributed by atoms with E-state index in [2.05, 4.69) is 28.2 Å². The number of hydrogen-bond acceptors (Lipinski definition) is 9. The molecule has 0 saturated carbocycles. The molecule has 0 radical (unpaired) electrons. The van der Waals surface area contributed by atoms with E-state index in [4.69, 9.17) is 18.9 Å². The molecule has 4 atom stereocenters.